The molecule has 0 aliphatic carbocycles. The van der Waals surface area contributed by atoms with Crippen LogP contribution in [0.3, 0.4) is 0 Å². The summed E-state index contributed by atoms with van der Waals surface area (Å²) in [6.07, 6.45) is 0.724. The minimum Gasteiger partial charge on any atom is -0.374 e. The van der Waals surface area contributed by atoms with E-state index in [1.165, 1.54) is 0 Å². The summed E-state index contributed by atoms with van der Waals surface area (Å²) >= 11 is 0. The minimum atomic E-state index is -2.66. The fraction of sp³-hybridized carbons (Fsp3) is 0.588. The smallest absolute Gasteiger partial charge is 0.374 e. The van der Waals surface area contributed by atoms with Gasteiger partial charge in [-0.15, -0.1) is 0 Å². The molecule has 0 saturated carbocycles. The SMILES string of the molecule is CCO[Si](CCc1ccc(C)cc1C(C)=O)(OCC)OCC. The van der Waals surface area contributed by atoms with Gasteiger partial charge in [-0.3, -0.25) is 4.79 Å². The van der Waals surface area contributed by atoms with Gasteiger partial charge in [0.1, 0.15) is 0 Å². The Balaban J connectivity index is 2.94. The van der Waals surface area contributed by atoms with Crippen LogP contribution in [-0.4, -0.2) is 34.4 Å². The lowest BCUT2D eigenvalue weighted by Gasteiger charge is -2.28. The van der Waals surface area contributed by atoms with E-state index >= 15 is 0 Å². The normalized spacial score (nSPS) is 11.7. The van der Waals surface area contributed by atoms with E-state index in [0.29, 0.717) is 25.9 Å². The van der Waals surface area contributed by atoms with Gasteiger partial charge in [0.2, 0.25) is 0 Å². The molecule has 4 nitrogen and oxygen atoms in total. The van der Waals surface area contributed by atoms with Crippen molar-refractivity contribution in [3.63, 3.8) is 0 Å². The summed E-state index contributed by atoms with van der Waals surface area (Å²) in [7, 11) is -2.66. The van der Waals surface area contributed by atoms with Crippen LogP contribution < -0.4 is 0 Å². The topological polar surface area (TPSA) is 44.8 Å². The van der Waals surface area contributed by atoms with Gasteiger partial charge >= 0.3 is 8.80 Å². The van der Waals surface area contributed by atoms with E-state index in [-0.39, 0.29) is 5.78 Å². The van der Waals surface area contributed by atoms with Crippen LogP contribution in [0.5, 0.6) is 0 Å². The van der Waals surface area contributed by atoms with Gasteiger partial charge in [-0.1, -0.05) is 17.7 Å². The molecule has 1 aromatic rings. The summed E-state index contributed by atoms with van der Waals surface area (Å²) in [4.78, 5) is 11.8. The van der Waals surface area contributed by atoms with Crippen molar-refractivity contribution in [1.29, 1.82) is 0 Å². The van der Waals surface area contributed by atoms with Gasteiger partial charge in [-0.2, -0.15) is 0 Å². The Hall–Kier alpha value is -1.01. The van der Waals surface area contributed by atoms with Crippen LogP contribution >= 0.6 is 0 Å². The van der Waals surface area contributed by atoms with Crippen LogP contribution in [0, 0.1) is 6.92 Å². The van der Waals surface area contributed by atoms with Gasteiger partial charge in [0.15, 0.2) is 5.78 Å². The van der Waals surface area contributed by atoms with Crippen LogP contribution in [0.15, 0.2) is 18.2 Å². The van der Waals surface area contributed by atoms with Crippen LogP contribution in [0.1, 0.15) is 49.2 Å². The van der Waals surface area contributed by atoms with Crippen molar-refractivity contribution < 1.29 is 18.1 Å². The standard InChI is InChI=1S/C17H28O4Si/c1-6-19-22(20-7-2,21-8-3)12-11-16-10-9-14(4)13-17(16)15(5)18/h9-10,13H,6-8,11-12H2,1-5H3. The van der Waals surface area contributed by atoms with Gasteiger partial charge in [0, 0.05) is 31.4 Å². The van der Waals surface area contributed by atoms with E-state index in [4.69, 9.17) is 13.3 Å². The number of hydrogen-bond donors (Lipinski definition) is 0. The number of benzene rings is 1. The number of Topliss-reactive ketones (excluding diaryl/α,β-unsaturated/α-hetero) is 1. The number of carbonyl (C=O) groups is 1. The molecule has 0 heterocycles. The lowest BCUT2D eigenvalue weighted by Crippen LogP contribution is -2.46. The Morgan fingerprint density at radius 1 is 1.05 bits per heavy atom. The molecule has 0 saturated heterocycles. The Morgan fingerprint density at radius 3 is 2.05 bits per heavy atom. The number of aryl methyl sites for hydroxylation is 2. The van der Waals surface area contributed by atoms with E-state index in [2.05, 4.69) is 0 Å². The Kier molecular flexibility index (Phi) is 7.96. The maximum absolute atomic E-state index is 11.8. The van der Waals surface area contributed by atoms with E-state index in [0.717, 1.165) is 23.1 Å². The van der Waals surface area contributed by atoms with Gasteiger partial charge in [0.05, 0.1) is 0 Å². The first-order valence-electron chi connectivity index (χ1n) is 8.00. The molecule has 0 aromatic heterocycles. The summed E-state index contributed by atoms with van der Waals surface area (Å²) in [6.45, 7) is 11.2. The van der Waals surface area contributed by atoms with Gasteiger partial charge in [0.25, 0.3) is 0 Å². The first-order chi connectivity index (χ1) is 10.5. The van der Waals surface area contributed by atoms with Gasteiger partial charge < -0.3 is 13.3 Å². The third-order valence-electron chi connectivity index (χ3n) is 3.44. The molecule has 0 spiro atoms. The zero-order chi connectivity index (χ0) is 16.6. The summed E-state index contributed by atoms with van der Waals surface area (Å²) in [5.41, 5.74) is 2.92. The summed E-state index contributed by atoms with van der Waals surface area (Å²) in [5.74, 6) is 0.0928. The molecule has 124 valence electrons. The van der Waals surface area contributed by atoms with Crippen molar-refractivity contribution in [2.45, 2.75) is 47.1 Å². The average Bonchev–Trinajstić information content (AvgIpc) is 2.46. The van der Waals surface area contributed by atoms with Crippen LogP contribution in [0.2, 0.25) is 6.04 Å². The van der Waals surface area contributed by atoms with Crippen molar-refractivity contribution in [1.82, 2.24) is 0 Å². The van der Waals surface area contributed by atoms with Crippen molar-refractivity contribution in [3.8, 4) is 0 Å². The second-order valence-electron chi connectivity index (χ2n) is 5.20. The van der Waals surface area contributed by atoms with E-state index < -0.39 is 8.80 Å². The summed E-state index contributed by atoms with van der Waals surface area (Å²) < 4.78 is 17.6. The lowest BCUT2D eigenvalue weighted by molar-refractivity contribution is 0.0713. The minimum absolute atomic E-state index is 0.0928. The molecule has 0 amide bonds. The Morgan fingerprint density at radius 2 is 1.59 bits per heavy atom. The molecule has 22 heavy (non-hydrogen) atoms. The fourth-order valence-electron chi connectivity index (χ4n) is 2.53. The molecule has 0 bridgehead atoms. The predicted molar refractivity (Wildman–Crippen MR) is 90.3 cm³/mol. The lowest BCUT2D eigenvalue weighted by atomic mass is 10.00. The number of rotatable bonds is 10. The highest BCUT2D eigenvalue weighted by Crippen LogP contribution is 2.22. The molecule has 0 radical (unpaired) electrons. The first-order valence-corrected chi connectivity index (χ1v) is 9.93. The summed E-state index contributed by atoms with van der Waals surface area (Å²) in [6, 6.07) is 6.69. The van der Waals surface area contributed by atoms with Gasteiger partial charge in [-0.05, 0) is 52.7 Å². The first kappa shape index (κ1) is 19.0. The van der Waals surface area contributed by atoms with E-state index in [9.17, 15) is 4.79 Å². The third-order valence-corrected chi connectivity index (χ3v) is 6.49. The summed E-state index contributed by atoms with van der Waals surface area (Å²) in [5, 5.41) is 0. The predicted octanol–water partition coefficient (Wildman–Crippen LogP) is 3.79. The second-order valence-corrected chi connectivity index (χ2v) is 7.93. The number of ketones is 1. The van der Waals surface area contributed by atoms with E-state index in [1.807, 2.05) is 45.9 Å². The average molecular weight is 324 g/mol. The molecule has 0 aliphatic heterocycles. The molecule has 0 N–H and O–H groups in total. The zero-order valence-electron chi connectivity index (χ0n) is 14.4. The highest BCUT2D eigenvalue weighted by molar-refractivity contribution is 6.60. The molecule has 0 atom stereocenters. The van der Waals surface area contributed by atoms with Crippen molar-refractivity contribution in [2.24, 2.45) is 0 Å². The monoisotopic (exact) mass is 324 g/mol. The molecular formula is C17H28O4Si. The van der Waals surface area contributed by atoms with Crippen molar-refractivity contribution in [2.75, 3.05) is 19.8 Å². The maximum atomic E-state index is 11.8. The second kappa shape index (κ2) is 9.20. The third kappa shape index (κ3) is 5.32. The molecule has 0 fully saturated rings. The molecule has 0 aliphatic rings. The highest BCUT2D eigenvalue weighted by Gasteiger charge is 2.40. The van der Waals surface area contributed by atoms with Crippen LogP contribution in [-0.2, 0) is 19.7 Å². The maximum Gasteiger partial charge on any atom is 0.501 e. The molecular weight excluding hydrogens is 296 g/mol. The molecule has 0 unspecified atom stereocenters. The Labute approximate surface area is 135 Å². The van der Waals surface area contributed by atoms with Gasteiger partial charge in [-0.25, -0.2) is 0 Å². The molecule has 1 aromatic carbocycles. The number of carbonyl (C=O) groups excluding carboxylic acids is 1. The van der Waals surface area contributed by atoms with E-state index in [1.54, 1.807) is 6.92 Å². The Bertz CT molecular complexity index is 471. The van der Waals surface area contributed by atoms with Crippen LogP contribution in [0.25, 0.3) is 0 Å². The fourth-order valence-corrected chi connectivity index (χ4v) is 5.10. The zero-order valence-corrected chi connectivity index (χ0v) is 15.4. The largest absolute Gasteiger partial charge is 0.501 e. The molecule has 1 rings (SSSR count). The van der Waals surface area contributed by atoms with Crippen molar-refractivity contribution >= 4 is 14.6 Å². The quantitative estimate of drug-likeness (QED) is 0.485. The highest BCUT2D eigenvalue weighted by atomic mass is 28.4. The van der Waals surface area contributed by atoms with Crippen molar-refractivity contribution in [3.05, 3.63) is 34.9 Å². The molecule has 5 heteroatoms. The number of hydrogen-bond acceptors (Lipinski definition) is 4. The van der Waals surface area contributed by atoms with Crippen LogP contribution in [0.4, 0.5) is 0 Å².